The van der Waals surface area contributed by atoms with Crippen LogP contribution in [0.3, 0.4) is 0 Å². The molecule has 2 aromatic carbocycles. The number of nitrogens with one attached hydrogen (secondary N) is 2. The molecule has 2 heterocycles. The van der Waals surface area contributed by atoms with Crippen LogP contribution in [0.15, 0.2) is 59.3 Å². The second-order valence-corrected chi connectivity index (χ2v) is 7.62. The molecule has 0 unspecified atom stereocenters. The molecule has 3 N–H and O–H groups in total. The molecule has 0 aliphatic heterocycles. The van der Waals surface area contributed by atoms with Crippen molar-refractivity contribution in [3.05, 3.63) is 66.2 Å². The average molecular weight is 448 g/mol. The highest BCUT2D eigenvalue weighted by Gasteiger charge is 2.22. The van der Waals surface area contributed by atoms with Gasteiger partial charge >= 0.3 is 5.97 Å². The Hall–Kier alpha value is -4.14. The number of methoxy groups -OCH3 is 1. The van der Waals surface area contributed by atoms with Gasteiger partial charge in [-0.05, 0) is 42.3 Å². The molecule has 0 spiro atoms. The maximum absolute atomic E-state index is 12.4. The largest absolute Gasteiger partial charge is 0.497 e. The fraction of sp³-hybridized carbons (Fsp3) is 0.250. The van der Waals surface area contributed by atoms with Gasteiger partial charge in [0.1, 0.15) is 11.8 Å². The lowest BCUT2D eigenvalue weighted by Gasteiger charge is -2.14. The Morgan fingerprint density at radius 3 is 2.73 bits per heavy atom. The topological polar surface area (TPSA) is 130 Å². The number of carbonyl (C=O) groups is 2. The lowest BCUT2D eigenvalue weighted by atomic mass is 10.0. The first-order valence-corrected chi connectivity index (χ1v) is 10.6. The van der Waals surface area contributed by atoms with Crippen LogP contribution < -0.4 is 10.1 Å². The van der Waals surface area contributed by atoms with E-state index in [1.807, 2.05) is 48.5 Å². The molecule has 4 rings (SSSR count). The van der Waals surface area contributed by atoms with Gasteiger partial charge in [0.25, 0.3) is 0 Å². The minimum Gasteiger partial charge on any atom is -0.497 e. The molecule has 0 aliphatic rings. The molecule has 33 heavy (non-hydrogen) atoms. The van der Waals surface area contributed by atoms with Crippen LogP contribution in [0, 0.1) is 0 Å². The van der Waals surface area contributed by atoms with Crippen molar-refractivity contribution in [1.82, 2.24) is 20.4 Å². The molecule has 0 bridgehead atoms. The number of nitrogens with zero attached hydrogens (tertiary/aromatic N) is 2. The van der Waals surface area contributed by atoms with E-state index in [0.29, 0.717) is 24.6 Å². The second-order valence-electron chi connectivity index (χ2n) is 7.62. The van der Waals surface area contributed by atoms with Crippen LogP contribution >= 0.6 is 0 Å². The zero-order valence-electron chi connectivity index (χ0n) is 18.1. The van der Waals surface area contributed by atoms with Gasteiger partial charge in [-0.3, -0.25) is 4.79 Å². The van der Waals surface area contributed by atoms with Gasteiger partial charge in [-0.2, -0.15) is 4.98 Å². The molecule has 0 aliphatic carbocycles. The molecular formula is C24H24N4O5. The molecular weight excluding hydrogens is 424 g/mol. The molecule has 0 saturated heterocycles. The Kier molecular flexibility index (Phi) is 6.68. The number of hydrogen-bond donors (Lipinski definition) is 3. The normalized spacial score (nSPS) is 11.9. The van der Waals surface area contributed by atoms with Crippen molar-refractivity contribution in [2.75, 3.05) is 7.11 Å². The number of H-pyrrole nitrogens is 1. The van der Waals surface area contributed by atoms with E-state index < -0.39 is 12.0 Å². The van der Waals surface area contributed by atoms with Crippen LogP contribution in [0.25, 0.3) is 22.3 Å². The lowest BCUT2D eigenvalue weighted by molar-refractivity contribution is -0.141. The predicted octanol–water partition coefficient (Wildman–Crippen LogP) is 3.36. The summed E-state index contributed by atoms with van der Waals surface area (Å²) in [4.78, 5) is 31.5. The van der Waals surface area contributed by atoms with Gasteiger partial charge in [0, 0.05) is 41.9 Å². The van der Waals surface area contributed by atoms with E-state index in [9.17, 15) is 14.7 Å². The van der Waals surface area contributed by atoms with Crippen molar-refractivity contribution in [3.63, 3.8) is 0 Å². The van der Waals surface area contributed by atoms with Gasteiger partial charge in [0.2, 0.25) is 17.6 Å². The van der Waals surface area contributed by atoms with E-state index >= 15 is 0 Å². The summed E-state index contributed by atoms with van der Waals surface area (Å²) in [7, 11) is 1.60. The molecule has 1 atom stereocenters. The zero-order valence-corrected chi connectivity index (χ0v) is 18.1. The number of aliphatic carboxylic acids is 1. The summed E-state index contributed by atoms with van der Waals surface area (Å²) in [6, 6.07) is 13.9. The second kappa shape index (κ2) is 9.99. The number of hydrogen-bond acceptors (Lipinski definition) is 6. The quantitative estimate of drug-likeness (QED) is 0.339. The van der Waals surface area contributed by atoms with E-state index in [1.54, 1.807) is 13.3 Å². The monoisotopic (exact) mass is 448 g/mol. The third kappa shape index (κ3) is 5.38. The number of aryl methyl sites for hydroxylation is 1. The minimum absolute atomic E-state index is 0.151. The van der Waals surface area contributed by atoms with Crippen molar-refractivity contribution < 1.29 is 24.0 Å². The summed E-state index contributed by atoms with van der Waals surface area (Å²) < 4.78 is 10.4. The standard InChI is InChI=1S/C24H24N4O5/c1-32-17-11-9-15(10-12-17)23-27-22(33-28-23)8-4-7-21(29)26-20(24(30)31)13-16-14-25-19-6-3-2-5-18(16)19/h2-3,5-6,9-12,14,20,25H,4,7-8,13H2,1H3,(H,26,29)(H,30,31)/t20-/m1/s1. The number of ether oxygens (including phenoxy) is 1. The fourth-order valence-corrected chi connectivity index (χ4v) is 3.60. The number of carbonyl (C=O) groups excluding carboxylic acids is 1. The zero-order chi connectivity index (χ0) is 23.2. The highest BCUT2D eigenvalue weighted by Crippen LogP contribution is 2.21. The number of aromatic nitrogens is 3. The van der Waals surface area contributed by atoms with Crippen molar-refractivity contribution in [1.29, 1.82) is 0 Å². The highest BCUT2D eigenvalue weighted by atomic mass is 16.5. The Morgan fingerprint density at radius 2 is 1.97 bits per heavy atom. The lowest BCUT2D eigenvalue weighted by Crippen LogP contribution is -2.42. The third-order valence-corrected chi connectivity index (χ3v) is 5.34. The van der Waals surface area contributed by atoms with E-state index in [-0.39, 0.29) is 18.7 Å². The van der Waals surface area contributed by atoms with Crippen LogP contribution in [0.1, 0.15) is 24.3 Å². The highest BCUT2D eigenvalue weighted by molar-refractivity contribution is 5.86. The van der Waals surface area contributed by atoms with Crippen LogP contribution in [0.5, 0.6) is 5.75 Å². The number of rotatable bonds is 10. The van der Waals surface area contributed by atoms with Gasteiger partial charge in [-0.1, -0.05) is 23.4 Å². The van der Waals surface area contributed by atoms with Crippen LogP contribution in [0.4, 0.5) is 0 Å². The number of carboxylic acid groups (broad SMARTS) is 1. The van der Waals surface area contributed by atoms with Gasteiger partial charge in [0.05, 0.1) is 7.11 Å². The Labute approximate surface area is 189 Å². The number of benzene rings is 2. The molecule has 2 aromatic heterocycles. The number of amides is 1. The van der Waals surface area contributed by atoms with Crippen molar-refractivity contribution >= 4 is 22.8 Å². The SMILES string of the molecule is COc1ccc(-c2noc(CCCC(=O)N[C@H](Cc3c[nH]c4ccccc34)C(=O)O)n2)cc1. The molecule has 0 saturated carbocycles. The molecule has 9 nitrogen and oxygen atoms in total. The number of para-hydroxylation sites is 1. The van der Waals surface area contributed by atoms with Crippen LogP contribution in [-0.2, 0) is 22.4 Å². The number of aromatic amines is 1. The molecule has 4 aromatic rings. The van der Waals surface area contributed by atoms with Gasteiger partial charge in [-0.15, -0.1) is 0 Å². The average Bonchev–Trinajstić information content (AvgIpc) is 3.46. The fourth-order valence-electron chi connectivity index (χ4n) is 3.60. The third-order valence-electron chi connectivity index (χ3n) is 5.34. The van der Waals surface area contributed by atoms with Crippen molar-refractivity contribution in [3.8, 4) is 17.1 Å². The maximum Gasteiger partial charge on any atom is 0.326 e. The van der Waals surface area contributed by atoms with Gasteiger partial charge in [-0.25, -0.2) is 4.79 Å². The van der Waals surface area contributed by atoms with Crippen LogP contribution in [0.2, 0.25) is 0 Å². The number of carboxylic acids is 1. The molecule has 1 amide bonds. The maximum atomic E-state index is 12.4. The molecule has 0 fully saturated rings. The van der Waals surface area contributed by atoms with Gasteiger partial charge in [0.15, 0.2) is 0 Å². The summed E-state index contributed by atoms with van der Waals surface area (Å²) >= 11 is 0. The molecule has 170 valence electrons. The smallest absolute Gasteiger partial charge is 0.326 e. The summed E-state index contributed by atoms with van der Waals surface area (Å²) in [6.45, 7) is 0. The van der Waals surface area contributed by atoms with Gasteiger partial charge < -0.3 is 24.7 Å². The summed E-state index contributed by atoms with van der Waals surface area (Å²) in [5, 5.41) is 17.1. The summed E-state index contributed by atoms with van der Waals surface area (Å²) in [5.74, 6) is 0.202. The Balaban J connectivity index is 1.29. The first-order chi connectivity index (χ1) is 16.0. The molecule has 9 heteroatoms. The van der Waals surface area contributed by atoms with E-state index in [4.69, 9.17) is 9.26 Å². The number of fused-ring (bicyclic) bond motifs is 1. The minimum atomic E-state index is -1.07. The molecule has 0 radical (unpaired) electrons. The summed E-state index contributed by atoms with van der Waals surface area (Å²) in [5.41, 5.74) is 2.57. The summed E-state index contributed by atoms with van der Waals surface area (Å²) in [6.07, 6.45) is 2.99. The Bertz CT molecular complexity index is 1250. The van der Waals surface area contributed by atoms with E-state index in [1.165, 1.54) is 0 Å². The Morgan fingerprint density at radius 1 is 1.18 bits per heavy atom. The first-order valence-electron chi connectivity index (χ1n) is 10.6. The first kappa shape index (κ1) is 22.1. The predicted molar refractivity (Wildman–Crippen MR) is 121 cm³/mol. The van der Waals surface area contributed by atoms with Crippen molar-refractivity contribution in [2.24, 2.45) is 0 Å². The van der Waals surface area contributed by atoms with E-state index in [2.05, 4.69) is 20.4 Å². The van der Waals surface area contributed by atoms with Crippen molar-refractivity contribution in [2.45, 2.75) is 31.7 Å². The van der Waals surface area contributed by atoms with Crippen LogP contribution in [-0.4, -0.2) is 45.3 Å². The van der Waals surface area contributed by atoms with E-state index in [0.717, 1.165) is 27.8 Å².